The van der Waals surface area contributed by atoms with E-state index < -0.39 is 0 Å². The molecule has 0 aliphatic rings. The summed E-state index contributed by atoms with van der Waals surface area (Å²) in [5, 5.41) is 0.784. The maximum Gasteiger partial charge on any atom is 0.164 e. The summed E-state index contributed by atoms with van der Waals surface area (Å²) in [6.07, 6.45) is 20.9. The molecule has 0 bridgehead atoms. The predicted molar refractivity (Wildman–Crippen MR) is 163 cm³/mol. The smallest absolute Gasteiger partial charge is 0.164 e. The van der Waals surface area contributed by atoms with Gasteiger partial charge in [0.05, 0.1) is 34.7 Å². The van der Waals surface area contributed by atoms with E-state index in [1.54, 1.807) is 0 Å². The molecule has 0 saturated carbocycles. The van der Waals surface area contributed by atoms with Gasteiger partial charge in [0, 0.05) is 23.4 Å². The third-order valence-electron chi connectivity index (χ3n) is 7.74. The first kappa shape index (κ1) is 34.0. The molecule has 1 aromatic rings. The van der Waals surface area contributed by atoms with Crippen molar-refractivity contribution < 1.29 is 8.97 Å². The second-order valence-corrected chi connectivity index (χ2v) is 13.6. The lowest BCUT2D eigenvalue weighted by molar-refractivity contribution is -0.915. The number of hydrogen-bond donors (Lipinski definition) is 0. The molecule has 2 atom stereocenters. The fourth-order valence-corrected chi connectivity index (χ4v) is 5.59. The standard InChI is InChI=1S/C31H57Cl3N2/c1-6-7-8-9-10-11-12-13-16-19-26-35(2,3)30(33)20-17-14-15-18-21-31(34)36(4,5)27-28-22-24-29(32)25-23-28/h22-25,30-31H,6-21,26-27H2,1-5H3/q+2. The quantitative estimate of drug-likeness (QED) is 0.0569. The zero-order valence-electron chi connectivity index (χ0n) is 24.2. The highest BCUT2D eigenvalue weighted by atomic mass is 35.5. The summed E-state index contributed by atoms with van der Waals surface area (Å²) in [4.78, 5) is 0. The minimum Gasteiger partial charge on any atom is -0.313 e. The van der Waals surface area contributed by atoms with Gasteiger partial charge in [-0.15, -0.1) is 0 Å². The van der Waals surface area contributed by atoms with E-state index in [1.165, 1.54) is 102 Å². The molecule has 0 N–H and O–H groups in total. The fraction of sp³-hybridized carbons (Fsp3) is 0.806. The lowest BCUT2D eigenvalue weighted by Gasteiger charge is -2.35. The molecule has 0 saturated heterocycles. The van der Waals surface area contributed by atoms with Crippen molar-refractivity contribution in [2.75, 3.05) is 34.7 Å². The Morgan fingerprint density at radius 3 is 1.50 bits per heavy atom. The molecule has 2 nitrogen and oxygen atoms in total. The third kappa shape index (κ3) is 15.4. The maximum atomic E-state index is 6.85. The number of unbranched alkanes of at least 4 members (excludes halogenated alkanes) is 12. The summed E-state index contributed by atoms with van der Waals surface area (Å²) in [6, 6.07) is 8.12. The minimum absolute atomic E-state index is 0.123. The Bertz CT molecular complexity index is 660. The van der Waals surface area contributed by atoms with Gasteiger partial charge >= 0.3 is 0 Å². The summed E-state index contributed by atoms with van der Waals surface area (Å²) in [6.45, 7) is 4.40. The van der Waals surface area contributed by atoms with Crippen molar-refractivity contribution in [3.05, 3.63) is 34.9 Å². The number of nitrogens with zero attached hydrogens (tertiary/aromatic N) is 2. The van der Waals surface area contributed by atoms with Crippen LogP contribution in [0.1, 0.15) is 115 Å². The molecule has 0 radical (unpaired) electrons. The van der Waals surface area contributed by atoms with Crippen LogP contribution < -0.4 is 0 Å². The SMILES string of the molecule is CCCCCCCCCCCC[N+](C)(C)C(Cl)CCCCCCC(Cl)[N+](C)(C)Cc1ccc(Cl)cc1. The molecule has 36 heavy (non-hydrogen) atoms. The zero-order valence-corrected chi connectivity index (χ0v) is 26.5. The minimum atomic E-state index is 0.123. The monoisotopic (exact) mass is 562 g/mol. The lowest BCUT2D eigenvalue weighted by atomic mass is 10.1. The van der Waals surface area contributed by atoms with E-state index >= 15 is 0 Å². The van der Waals surface area contributed by atoms with Crippen LogP contribution in [0.4, 0.5) is 0 Å². The van der Waals surface area contributed by atoms with Crippen LogP contribution in [0.25, 0.3) is 0 Å². The number of hydrogen-bond acceptors (Lipinski definition) is 0. The first-order valence-electron chi connectivity index (χ1n) is 14.8. The van der Waals surface area contributed by atoms with E-state index in [2.05, 4.69) is 47.2 Å². The summed E-state index contributed by atoms with van der Waals surface area (Å²) >= 11 is 19.7. The van der Waals surface area contributed by atoms with Crippen LogP contribution in [0, 0.1) is 0 Å². The number of halogens is 3. The van der Waals surface area contributed by atoms with Crippen LogP contribution >= 0.6 is 34.8 Å². The molecular weight excluding hydrogens is 507 g/mol. The summed E-state index contributed by atoms with van der Waals surface area (Å²) < 4.78 is 1.73. The van der Waals surface area contributed by atoms with Crippen molar-refractivity contribution in [3.63, 3.8) is 0 Å². The van der Waals surface area contributed by atoms with Crippen molar-refractivity contribution in [1.82, 2.24) is 0 Å². The highest BCUT2D eigenvalue weighted by Crippen LogP contribution is 2.24. The summed E-state index contributed by atoms with van der Waals surface area (Å²) in [5.41, 5.74) is 1.62. The average Bonchev–Trinajstić information content (AvgIpc) is 2.83. The molecule has 0 heterocycles. The van der Waals surface area contributed by atoms with Gasteiger partial charge in [0.15, 0.2) is 11.0 Å². The van der Waals surface area contributed by atoms with Gasteiger partial charge in [0.25, 0.3) is 0 Å². The van der Waals surface area contributed by atoms with Gasteiger partial charge in [-0.05, 0) is 37.8 Å². The topological polar surface area (TPSA) is 0 Å². The maximum absolute atomic E-state index is 6.85. The molecule has 1 rings (SSSR count). The number of quaternary nitrogens is 2. The molecule has 210 valence electrons. The van der Waals surface area contributed by atoms with Crippen LogP contribution in [0.5, 0.6) is 0 Å². The Morgan fingerprint density at radius 1 is 0.583 bits per heavy atom. The first-order chi connectivity index (χ1) is 17.1. The van der Waals surface area contributed by atoms with Gasteiger partial charge in [-0.2, -0.15) is 0 Å². The van der Waals surface area contributed by atoms with Crippen LogP contribution in [0.15, 0.2) is 24.3 Å². The molecule has 5 heteroatoms. The van der Waals surface area contributed by atoms with E-state index in [0.717, 1.165) is 33.4 Å². The van der Waals surface area contributed by atoms with Crippen LogP contribution in [0.3, 0.4) is 0 Å². The Morgan fingerprint density at radius 2 is 1.00 bits per heavy atom. The molecular formula is C31H57Cl3N2+2. The Labute approximate surface area is 239 Å². The van der Waals surface area contributed by atoms with Gasteiger partial charge < -0.3 is 8.97 Å². The number of rotatable bonds is 22. The third-order valence-corrected chi connectivity index (χ3v) is 9.49. The molecule has 2 unspecified atom stereocenters. The van der Waals surface area contributed by atoms with E-state index in [4.69, 9.17) is 34.8 Å². The highest BCUT2D eigenvalue weighted by Gasteiger charge is 2.27. The van der Waals surface area contributed by atoms with Gasteiger partial charge in [0.2, 0.25) is 0 Å². The van der Waals surface area contributed by atoms with Gasteiger partial charge in [0.1, 0.15) is 6.54 Å². The lowest BCUT2D eigenvalue weighted by Crippen LogP contribution is -2.46. The number of benzene rings is 1. The zero-order chi connectivity index (χ0) is 26.9. The predicted octanol–water partition coefficient (Wildman–Crippen LogP) is 10.4. The fourth-order valence-electron chi connectivity index (χ4n) is 4.98. The molecule has 0 spiro atoms. The first-order valence-corrected chi connectivity index (χ1v) is 16.0. The normalized spacial score (nSPS) is 14.2. The Hall–Kier alpha value is 0.01000. The molecule has 0 fully saturated rings. The Balaban J connectivity index is 2.10. The number of alkyl halides is 2. The average molecular weight is 564 g/mol. The second-order valence-electron chi connectivity index (χ2n) is 12.1. The molecule has 1 aromatic carbocycles. The van der Waals surface area contributed by atoms with Gasteiger partial charge in [-0.1, -0.05) is 118 Å². The molecule has 0 aliphatic heterocycles. The van der Waals surface area contributed by atoms with Crippen LogP contribution in [0.2, 0.25) is 5.02 Å². The van der Waals surface area contributed by atoms with Crippen molar-refractivity contribution in [2.45, 2.75) is 127 Å². The second kappa shape index (κ2) is 19.1. The largest absolute Gasteiger partial charge is 0.313 e. The van der Waals surface area contributed by atoms with Crippen molar-refractivity contribution in [3.8, 4) is 0 Å². The van der Waals surface area contributed by atoms with E-state index in [9.17, 15) is 0 Å². The van der Waals surface area contributed by atoms with E-state index in [-0.39, 0.29) is 11.0 Å². The molecule has 0 amide bonds. The van der Waals surface area contributed by atoms with Crippen LogP contribution in [-0.4, -0.2) is 54.7 Å². The van der Waals surface area contributed by atoms with E-state index in [1.807, 2.05) is 12.1 Å². The summed E-state index contributed by atoms with van der Waals surface area (Å²) in [5.74, 6) is 0. The van der Waals surface area contributed by atoms with E-state index in [0.29, 0.717) is 0 Å². The van der Waals surface area contributed by atoms with Gasteiger partial charge in [-0.25, -0.2) is 0 Å². The molecule has 0 aliphatic carbocycles. The Kier molecular flexibility index (Phi) is 18.1. The molecule has 0 aromatic heterocycles. The highest BCUT2D eigenvalue weighted by molar-refractivity contribution is 6.30. The van der Waals surface area contributed by atoms with Crippen molar-refractivity contribution in [2.24, 2.45) is 0 Å². The van der Waals surface area contributed by atoms with Crippen molar-refractivity contribution in [1.29, 1.82) is 0 Å². The van der Waals surface area contributed by atoms with Crippen molar-refractivity contribution >= 4 is 34.8 Å². The van der Waals surface area contributed by atoms with Crippen LogP contribution in [-0.2, 0) is 6.54 Å². The summed E-state index contributed by atoms with van der Waals surface area (Å²) in [7, 11) is 9.06. The van der Waals surface area contributed by atoms with Gasteiger partial charge in [-0.3, -0.25) is 0 Å².